The lowest BCUT2D eigenvalue weighted by Crippen LogP contribution is -2.47. The summed E-state index contributed by atoms with van der Waals surface area (Å²) in [6.07, 6.45) is 40.6. The fourth-order valence-corrected chi connectivity index (χ4v) is 6.93. The Hall–Kier alpha value is -1.10. The number of nitrogens with zero attached hydrogens (tertiary/aromatic N) is 1. The van der Waals surface area contributed by atoms with Gasteiger partial charge in [0.2, 0.25) is 0 Å². The average Bonchev–Trinajstić information content (AvgIpc) is 3.02. The Labute approximate surface area is 294 Å². The van der Waals surface area contributed by atoms with E-state index in [1.807, 2.05) is 0 Å². The van der Waals surface area contributed by atoms with Crippen LogP contribution in [0.1, 0.15) is 226 Å². The van der Waals surface area contributed by atoms with Crippen molar-refractivity contribution in [2.75, 3.05) is 27.2 Å². The Kier molecular flexibility index (Phi) is 33.9. The highest BCUT2D eigenvalue weighted by molar-refractivity contribution is 5.69. The second kappa shape index (κ2) is 34.8. The predicted octanol–water partition coefficient (Wildman–Crippen LogP) is 11.6. The molecular weight excluding hydrogens is 582 g/mol. The van der Waals surface area contributed by atoms with Gasteiger partial charge in [0.25, 0.3) is 0 Å². The van der Waals surface area contributed by atoms with Gasteiger partial charge in [-0.15, -0.1) is 0 Å². The van der Waals surface area contributed by atoms with E-state index in [-0.39, 0.29) is 18.5 Å². The molecule has 0 aliphatic rings. The number of esters is 1. The lowest BCUT2D eigenvalue weighted by Gasteiger charge is -2.33. The molecule has 47 heavy (non-hydrogen) atoms. The standard InChI is InChI=1S/C42H83NO4/c1-5-7-9-11-13-15-17-19-20-21-23-24-26-28-30-32-35-40(39-43(3,4)38-34-36-41(44)45)47-42(46)37-33-31-29-27-25-22-18-16-14-12-10-8-6-2/h40H,5-39H2,1-4H3. The SMILES string of the molecule is CCCCCCCCCCCCCCCCCCC(C[N+](C)(C)CCCC(=O)[O-])OC(=O)CCCCCCCCCCCCCCC. The second-order valence-electron chi connectivity index (χ2n) is 15.5. The number of quaternary nitrogens is 1. The minimum atomic E-state index is -0.987. The summed E-state index contributed by atoms with van der Waals surface area (Å²) in [7, 11) is 4.24. The summed E-state index contributed by atoms with van der Waals surface area (Å²) in [4.78, 5) is 23.7. The van der Waals surface area contributed by atoms with Crippen molar-refractivity contribution < 1.29 is 23.9 Å². The first-order valence-electron chi connectivity index (χ1n) is 21.0. The van der Waals surface area contributed by atoms with Crippen molar-refractivity contribution in [1.82, 2.24) is 0 Å². The third-order valence-electron chi connectivity index (χ3n) is 10.0. The third-order valence-corrected chi connectivity index (χ3v) is 10.0. The van der Waals surface area contributed by atoms with Crippen LogP contribution in [0.15, 0.2) is 0 Å². The lowest BCUT2D eigenvalue weighted by molar-refractivity contribution is -0.893. The zero-order valence-electron chi connectivity index (χ0n) is 32.4. The molecule has 0 aliphatic heterocycles. The molecule has 0 saturated carbocycles. The summed E-state index contributed by atoms with van der Waals surface area (Å²) in [5.41, 5.74) is 0. The number of carbonyl (C=O) groups excluding carboxylic acids is 2. The van der Waals surface area contributed by atoms with Crippen LogP contribution in [0, 0.1) is 0 Å². The van der Waals surface area contributed by atoms with Gasteiger partial charge in [0.05, 0.1) is 20.6 Å². The van der Waals surface area contributed by atoms with E-state index in [0.717, 1.165) is 38.8 Å². The minimum absolute atomic E-state index is 0.0516. The molecule has 0 radical (unpaired) electrons. The predicted molar refractivity (Wildman–Crippen MR) is 200 cm³/mol. The molecule has 0 rings (SSSR count). The summed E-state index contributed by atoms with van der Waals surface area (Å²) < 4.78 is 6.73. The first-order chi connectivity index (χ1) is 22.8. The van der Waals surface area contributed by atoms with E-state index >= 15 is 0 Å². The number of carbonyl (C=O) groups is 2. The summed E-state index contributed by atoms with van der Waals surface area (Å²) >= 11 is 0. The summed E-state index contributed by atoms with van der Waals surface area (Å²) in [5.74, 6) is -1.04. The molecule has 0 aromatic heterocycles. The molecule has 1 atom stereocenters. The van der Waals surface area contributed by atoms with Crippen molar-refractivity contribution in [1.29, 1.82) is 0 Å². The fraction of sp³-hybridized carbons (Fsp3) is 0.952. The van der Waals surface area contributed by atoms with Gasteiger partial charge in [-0.25, -0.2) is 0 Å². The van der Waals surface area contributed by atoms with Gasteiger partial charge >= 0.3 is 5.97 Å². The largest absolute Gasteiger partial charge is 0.550 e. The maximum atomic E-state index is 12.8. The molecule has 1 unspecified atom stereocenters. The van der Waals surface area contributed by atoms with Crippen molar-refractivity contribution in [3.8, 4) is 0 Å². The molecule has 0 heterocycles. The molecule has 0 aliphatic carbocycles. The molecule has 0 spiro atoms. The van der Waals surface area contributed by atoms with Crippen LogP contribution in [0.5, 0.6) is 0 Å². The van der Waals surface area contributed by atoms with Gasteiger partial charge in [-0.05, 0) is 25.7 Å². The molecule has 0 fully saturated rings. The highest BCUT2D eigenvalue weighted by Crippen LogP contribution is 2.18. The molecule has 0 aromatic carbocycles. The maximum Gasteiger partial charge on any atom is 0.306 e. The van der Waals surface area contributed by atoms with E-state index in [4.69, 9.17) is 4.74 Å². The third kappa shape index (κ3) is 36.0. The summed E-state index contributed by atoms with van der Waals surface area (Å²) in [6.45, 7) is 6.05. The van der Waals surface area contributed by atoms with E-state index in [9.17, 15) is 14.7 Å². The number of carboxylic acids is 1. The van der Waals surface area contributed by atoms with E-state index < -0.39 is 5.97 Å². The van der Waals surface area contributed by atoms with Crippen molar-refractivity contribution in [2.24, 2.45) is 0 Å². The monoisotopic (exact) mass is 666 g/mol. The van der Waals surface area contributed by atoms with Crippen LogP contribution in [-0.4, -0.2) is 49.7 Å². The van der Waals surface area contributed by atoms with Crippen molar-refractivity contribution in [3.05, 3.63) is 0 Å². The van der Waals surface area contributed by atoms with Crippen LogP contribution in [-0.2, 0) is 14.3 Å². The van der Waals surface area contributed by atoms with Gasteiger partial charge in [0.15, 0.2) is 6.10 Å². The zero-order chi connectivity index (χ0) is 34.7. The number of unbranched alkanes of at least 4 members (excludes halogenated alkanes) is 27. The Morgan fingerprint density at radius 2 is 0.830 bits per heavy atom. The smallest absolute Gasteiger partial charge is 0.306 e. The second-order valence-corrected chi connectivity index (χ2v) is 15.5. The molecule has 0 amide bonds. The Morgan fingerprint density at radius 3 is 1.19 bits per heavy atom. The van der Waals surface area contributed by atoms with E-state index in [1.165, 1.54) is 167 Å². The summed E-state index contributed by atoms with van der Waals surface area (Å²) in [5, 5.41) is 10.9. The van der Waals surface area contributed by atoms with Gasteiger partial charge in [-0.3, -0.25) is 4.79 Å². The number of aliphatic carboxylic acids is 1. The highest BCUT2D eigenvalue weighted by atomic mass is 16.5. The normalized spacial score (nSPS) is 12.4. The van der Waals surface area contributed by atoms with Crippen LogP contribution >= 0.6 is 0 Å². The number of ether oxygens (including phenoxy) is 1. The van der Waals surface area contributed by atoms with E-state index in [1.54, 1.807) is 0 Å². The van der Waals surface area contributed by atoms with Crippen LogP contribution in [0.2, 0.25) is 0 Å². The van der Waals surface area contributed by atoms with Crippen LogP contribution in [0.25, 0.3) is 0 Å². The van der Waals surface area contributed by atoms with Crippen LogP contribution in [0.3, 0.4) is 0 Å². The molecule has 5 heteroatoms. The number of hydrogen-bond donors (Lipinski definition) is 0. The average molecular weight is 666 g/mol. The van der Waals surface area contributed by atoms with Crippen LogP contribution < -0.4 is 5.11 Å². The number of hydrogen-bond acceptors (Lipinski definition) is 4. The number of rotatable bonds is 38. The number of likely N-dealkylation sites (N-methyl/N-ethyl adjacent to an activating group) is 1. The summed E-state index contributed by atoms with van der Waals surface area (Å²) in [6, 6.07) is 0. The topological polar surface area (TPSA) is 66.4 Å². The van der Waals surface area contributed by atoms with Crippen molar-refractivity contribution >= 4 is 11.9 Å². The lowest BCUT2D eigenvalue weighted by atomic mass is 10.0. The van der Waals surface area contributed by atoms with E-state index in [2.05, 4.69) is 27.9 Å². The van der Waals surface area contributed by atoms with Crippen LogP contribution in [0.4, 0.5) is 0 Å². The van der Waals surface area contributed by atoms with Gasteiger partial charge in [-0.1, -0.05) is 187 Å². The first-order valence-corrected chi connectivity index (χ1v) is 21.0. The molecule has 280 valence electrons. The molecule has 0 bridgehead atoms. The Bertz CT molecular complexity index is 680. The van der Waals surface area contributed by atoms with Gasteiger partial charge in [0, 0.05) is 18.8 Å². The quantitative estimate of drug-likeness (QED) is 0.0374. The van der Waals surface area contributed by atoms with Gasteiger partial charge < -0.3 is 19.1 Å². The molecular formula is C42H83NO4. The molecule has 0 saturated heterocycles. The van der Waals surface area contributed by atoms with Gasteiger partial charge in [-0.2, -0.15) is 0 Å². The maximum absolute atomic E-state index is 12.8. The fourth-order valence-electron chi connectivity index (χ4n) is 6.93. The van der Waals surface area contributed by atoms with Crippen molar-refractivity contribution in [3.63, 3.8) is 0 Å². The highest BCUT2D eigenvalue weighted by Gasteiger charge is 2.24. The molecule has 0 N–H and O–H groups in total. The number of carboxylic acid groups (broad SMARTS) is 1. The molecule has 0 aromatic rings. The van der Waals surface area contributed by atoms with E-state index in [0.29, 0.717) is 17.3 Å². The minimum Gasteiger partial charge on any atom is -0.550 e. The molecule has 5 nitrogen and oxygen atoms in total. The Morgan fingerprint density at radius 1 is 0.489 bits per heavy atom. The van der Waals surface area contributed by atoms with Crippen molar-refractivity contribution in [2.45, 2.75) is 232 Å². The van der Waals surface area contributed by atoms with Gasteiger partial charge in [0.1, 0.15) is 6.54 Å². The first kappa shape index (κ1) is 45.9. The Balaban J connectivity index is 4.13. The zero-order valence-corrected chi connectivity index (χ0v) is 32.4.